The van der Waals surface area contributed by atoms with E-state index >= 15 is 0 Å². The van der Waals surface area contributed by atoms with Gasteiger partial charge in [-0.2, -0.15) is 0 Å². The number of rotatable bonds is 3. The van der Waals surface area contributed by atoms with Crippen LogP contribution in [0.1, 0.15) is 4.88 Å². The van der Waals surface area contributed by atoms with Gasteiger partial charge in [0.2, 0.25) is 5.91 Å². The molecule has 0 spiro atoms. The van der Waals surface area contributed by atoms with E-state index in [-0.39, 0.29) is 5.91 Å². The number of carbonyl (C=O) groups is 1. The molecule has 1 heterocycles. The van der Waals surface area contributed by atoms with Crippen molar-refractivity contribution >= 4 is 44.9 Å². The molecule has 2 aromatic rings. The number of nitrogens with one attached hydrogen (secondary N) is 1. The standard InChI is InChI=1S/C13H10BrNOS/c14-10-3-1-4-11(9-10)15-13(16)7-6-12-5-2-8-17-12/h1-9H,(H,15,16). The molecule has 0 aliphatic carbocycles. The first-order valence-electron chi connectivity index (χ1n) is 5.02. The molecule has 0 radical (unpaired) electrons. The second-order valence-corrected chi connectivity index (χ2v) is 5.24. The first-order valence-corrected chi connectivity index (χ1v) is 6.69. The molecule has 0 unspecified atom stereocenters. The monoisotopic (exact) mass is 307 g/mol. The summed E-state index contributed by atoms with van der Waals surface area (Å²) in [6, 6.07) is 11.4. The average Bonchev–Trinajstić information content (AvgIpc) is 2.79. The highest BCUT2D eigenvalue weighted by molar-refractivity contribution is 9.10. The van der Waals surface area contributed by atoms with Crippen molar-refractivity contribution in [2.75, 3.05) is 5.32 Å². The van der Waals surface area contributed by atoms with Crippen LogP contribution in [0.5, 0.6) is 0 Å². The van der Waals surface area contributed by atoms with Gasteiger partial charge in [-0.3, -0.25) is 4.79 Å². The van der Waals surface area contributed by atoms with Crippen molar-refractivity contribution in [2.45, 2.75) is 0 Å². The molecule has 0 aliphatic rings. The maximum atomic E-state index is 11.6. The fraction of sp³-hybridized carbons (Fsp3) is 0. The van der Waals surface area contributed by atoms with E-state index in [0.29, 0.717) is 0 Å². The highest BCUT2D eigenvalue weighted by Crippen LogP contribution is 2.16. The van der Waals surface area contributed by atoms with Gasteiger partial charge in [0.25, 0.3) is 0 Å². The molecule has 2 nitrogen and oxygen atoms in total. The lowest BCUT2D eigenvalue weighted by Crippen LogP contribution is -2.07. The van der Waals surface area contributed by atoms with Crippen molar-refractivity contribution in [3.63, 3.8) is 0 Å². The minimum absolute atomic E-state index is 0.128. The van der Waals surface area contributed by atoms with E-state index in [0.717, 1.165) is 15.0 Å². The van der Waals surface area contributed by atoms with Gasteiger partial charge in [-0.05, 0) is 35.7 Å². The van der Waals surface area contributed by atoms with Gasteiger partial charge < -0.3 is 5.32 Å². The maximum absolute atomic E-state index is 11.6. The van der Waals surface area contributed by atoms with Crippen molar-refractivity contribution in [3.8, 4) is 0 Å². The van der Waals surface area contributed by atoms with Gasteiger partial charge in [-0.15, -0.1) is 11.3 Å². The number of hydrogen-bond acceptors (Lipinski definition) is 2. The highest BCUT2D eigenvalue weighted by Gasteiger charge is 1.98. The van der Waals surface area contributed by atoms with Gasteiger partial charge in [-0.25, -0.2) is 0 Å². The van der Waals surface area contributed by atoms with E-state index in [1.807, 2.05) is 41.8 Å². The molecule has 0 atom stereocenters. The minimum Gasteiger partial charge on any atom is -0.322 e. The lowest BCUT2D eigenvalue weighted by molar-refractivity contribution is -0.111. The van der Waals surface area contributed by atoms with E-state index in [4.69, 9.17) is 0 Å². The van der Waals surface area contributed by atoms with Gasteiger partial charge in [0.1, 0.15) is 0 Å². The number of anilines is 1. The van der Waals surface area contributed by atoms with Crippen LogP contribution < -0.4 is 5.32 Å². The minimum atomic E-state index is -0.128. The molecule has 1 N–H and O–H groups in total. The molecule has 4 heteroatoms. The van der Waals surface area contributed by atoms with Crippen LogP contribution in [0, 0.1) is 0 Å². The Kier molecular flexibility index (Phi) is 4.12. The van der Waals surface area contributed by atoms with Crippen molar-refractivity contribution in [1.29, 1.82) is 0 Å². The van der Waals surface area contributed by atoms with Crippen LogP contribution in [-0.4, -0.2) is 5.91 Å². The summed E-state index contributed by atoms with van der Waals surface area (Å²) in [5, 5.41) is 4.77. The Labute approximate surface area is 112 Å². The molecule has 0 aliphatic heterocycles. The van der Waals surface area contributed by atoms with Crippen molar-refractivity contribution in [3.05, 3.63) is 57.2 Å². The SMILES string of the molecule is O=C(C=Cc1cccs1)Nc1cccc(Br)c1. The molecular formula is C13H10BrNOS. The van der Waals surface area contributed by atoms with Gasteiger partial charge in [0.15, 0.2) is 0 Å². The third kappa shape index (κ3) is 3.84. The third-order valence-corrected chi connectivity index (χ3v) is 3.37. The van der Waals surface area contributed by atoms with Gasteiger partial charge in [-0.1, -0.05) is 28.1 Å². The van der Waals surface area contributed by atoms with Crippen LogP contribution in [0.3, 0.4) is 0 Å². The molecule has 1 aromatic carbocycles. The van der Waals surface area contributed by atoms with E-state index in [1.54, 1.807) is 17.4 Å². The van der Waals surface area contributed by atoms with Crippen LogP contribution in [0.25, 0.3) is 6.08 Å². The number of thiophene rings is 1. The van der Waals surface area contributed by atoms with Gasteiger partial charge in [0, 0.05) is 21.1 Å². The molecule has 86 valence electrons. The van der Waals surface area contributed by atoms with Crippen molar-refractivity contribution in [2.24, 2.45) is 0 Å². The topological polar surface area (TPSA) is 29.1 Å². The largest absolute Gasteiger partial charge is 0.322 e. The predicted octanol–water partition coefficient (Wildman–Crippen LogP) is 4.16. The Morgan fingerprint density at radius 2 is 2.18 bits per heavy atom. The summed E-state index contributed by atoms with van der Waals surface area (Å²) in [6.45, 7) is 0. The summed E-state index contributed by atoms with van der Waals surface area (Å²) in [7, 11) is 0. The number of amides is 1. The molecule has 2 rings (SSSR count). The van der Waals surface area contributed by atoms with Crippen LogP contribution in [0.2, 0.25) is 0 Å². The summed E-state index contributed by atoms with van der Waals surface area (Å²) < 4.78 is 0.942. The Hall–Kier alpha value is -1.39. The molecule has 1 aromatic heterocycles. The number of benzene rings is 1. The van der Waals surface area contributed by atoms with Gasteiger partial charge >= 0.3 is 0 Å². The lowest BCUT2D eigenvalue weighted by Gasteiger charge is -2.01. The molecular weight excluding hydrogens is 298 g/mol. The molecule has 1 amide bonds. The fourth-order valence-electron chi connectivity index (χ4n) is 1.29. The molecule has 17 heavy (non-hydrogen) atoms. The zero-order chi connectivity index (χ0) is 12.1. The third-order valence-electron chi connectivity index (χ3n) is 2.03. The molecule has 0 bridgehead atoms. The van der Waals surface area contributed by atoms with Crippen LogP contribution in [-0.2, 0) is 4.79 Å². The predicted molar refractivity (Wildman–Crippen MR) is 76.1 cm³/mol. The number of carbonyl (C=O) groups excluding carboxylic acids is 1. The molecule has 0 saturated heterocycles. The maximum Gasteiger partial charge on any atom is 0.248 e. The second kappa shape index (κ2) is 5.80. The average molecular weight is 308 g/mol. The lowest BCUT2D eigenvalue weighted by atomic mass is 10.3. The zero-order valence-corrected chi connectivity index (χ0v) is 11.3. The second-order valence-electron chi connectivity index (χ2n) is 3.35. The fourth-order valence-corrected chi connectivity index (χ4v) is 2.31. The van der Waals surface area contributed by atoms with E-state index < -0.39 is 0 Å². The first kappa shape index (κ1) is 12.1. The summed E-state index contributed by atoms with van der Waals surface area (Å²) in [4.78, 5) is 12.7. The summed E-state index contributed by atoms with van der Waals surface area (Å²) in [5.74, 6) is -0.128. The van der Waals surface area contributed by atoms with Crippen molar-refractivity contribution in [1.82, 2.24) is 0 Å². The summed E-state index contributed by atoms with van der Waals surface area (Å²) in [5.41, 5.74) is 0.778. The smallest absolute Gasteiger partial charge is 0.248 e. The highest BCUT2D eigenvalue weighted by atomic mass is 79.9. The quantitative estimate of drug-likeness (QED) is 0.848. The Morgan fingerprint density at radius 3 is 2.88 bits per heavy atom. The normalized spacial score (nSPS) is 10.6. The number of hydrogen-bond donors (Lipinski definition) is 1. The summed E-state index contributed by atoms with van der Waals surface area (Å²) in [6.07, 6.45) is 3.34. The molecule has 0 fully saturated rings. The molecule has 0 saturated carbocycles. The van der Waals surface area contributed by atoms with Crippen LogP contribution in [0.15, 0.2) is 52.3 Å². The first-order chi connectivity index (χ1) is 8.24. The Balaban J connectivity index is 1.98. The van der Waals surface area contributed by atoms with Crippen LogP contribution in [0.4, 0.5) is 5.69 Å². The van der Waals surface area contributed by atoms with Crippen molar-refractivity contribution < 1.29 is 4.79 Å². The summed E-state index contributed by atoms with van der Waals surface area (Å²) >= 11 is 4.95. The van der Waals surface area contributed by atoms with E-state index in [2.05, 4.69) is 21.2 Å². The Bertz CT molecular complexity index is 534. The Morgan fingerprint density at radius 1 is 1.29 bits per heavy atom. The van der Waals surface area contributed by atoms with Crippen LogP contribution >= 0.6 is 27.3 Å². The van der Waals surface area contributed by atoms with Gasteiger partial charge in [0.05, 0.1) is 0 Å². The van der Waals surface area contributed by atoms with E-state index in [9.17, 15) is 4.79 Å². The number of halogens is 1. The van der Waals surface area contributed by atoms with E-state index in [1.165, 1.54) is 6.08 Å². The zero-order valence-electron chi connectivity index (χ0n) is 8.89.